The Morgan fingerprint density at radius 3 is 2.60 bits per heavy atom. The molecule has 2 aromatic heterocycles. The van der Waals surface area contributed by atoms with Gasteiger partial charge >= 0.3 is 0 Å². The van der Waals surface area contributed by atoms with Crippen molar-refractivity contribution >= 4 is 27.5 Å². The lowest BCUT2D eigenvalue weighted by Gasteiger charge is -2.39. The van der Waals surface area contributed by atoms with Gasteiger partial charge in [0.05, 0.1) is 16.3 Å². The largest absolute Gasteiger partial charge is 0.349 e. The standard InChI is InChI=1S/C23H29N5OS/c1-16-20-15-21(30-23(20)28(26-16)19-5-3-2-4-6-19)22(29)25-17-7-9-18(10-8-17)27-13-11-24-12-14-27/h2-6,15,17-18,24H,7-14H2,1H3,(H,25,29). The quantitative estimate of drug-likeness (QED) is 0.676. The molecule has 0 unspecified atom stereocenters. The van der Waals surface area contributed by atoms with Gasteiger partial charge in [-0.25, -0.2) is 4.68 Å². The van der Waals surface area contributed by atoms with Crippen LogP contribution in [0.4, 0.5) is 0 Å². The molecule has 1 amide bonds. The summed E-state index contributed by atoms with van der Waals surface area (Å²) in [5.41, 5.74) is 1.98. The number of fused-ring (bicyclic) bond motifs is 1. The predicted octanol–water partition coefficient (Wildman–Crippen LogP) is 3.34. The van der Waals surface area contributed by atoms with Gasteiger partial charge in [-0.05, 0) is 50.8 Å². The molecule has 30 heavy (non-hydrogen) atoms. The minimum absolute atomic E-state index is 0.0563. The average molecular weight is 424 g/mol. The Bertz CT molecular complexity index is 1010. The highest BCUT2D eigenvalue weighted by Crippen LogP contribution is 2.31. The van der Waals surface area contributed by atoms with Crippen LogP contribution in [0.3, 0.4) is 0 Å². The topological polar surface area (TPSA) is 62.2 Å². The fourth-order valence-corrected chi connectivity index (χ4v) is 5.88. The smallest absolute Gasteiger partial charge is 0.261 e. The first-order valence-corrected chi connectivity index (χ1v) is 11.8. The van der Waals surface area contributed by atoms with Gasteiger partial charge in [0, 0.05) is 43.6 Å². The fraction of sp³-hybridized carbons (Fsp3) is 0.478. The average Bonchev–Trinajstić information content (AvgIpc) is 3.36. The molecule has 0 spiro atoms. The molecule has 1 aromatic carbocycles. The van der Waals surface area contributed by atoms with Crippen molar-refractivity contribution in [2.45, 2.75) is 44.7 Å². The van der Waals surface area contributed by atoms with E-state index in [1.165, 1.54) is 24.2 Å². The molecule has 5 rings (SSSR count). The second kappa shape index (κ2) is 8.49. The summed E-state index contributed by atoms with van der Waals surface area (Å²) >= 11 is 1.53. The summed E-state index contributed by atoms with van der Waals surface area (Å²) in [5.74, 6) is 0.0563. The normalized spacial score (nSPS) is 23.0. The Morgan fingerprint density at radius 2 is 1.87 bits per heavy atom. The van der Waals surface area contributed by atoms with E-state index in [1.54, 1.807) is 0 Å². The number of rotatable bonds is 4. The Labute approximate surface area is 181 Å². The number of carbonyl (C=O) groups excluding carboxylic acids is 1. The van der Waals surface area contributed by atoms with Crippen molar-refractivity contribution in [3.63, 3.8) is 0 Å². The molecule has 158 valence electrons. The zero-order chi connectivity index (χ0) is 20.5. The van der Waals surface area contributed by atoms with Gasteiger partial charge in [-0.3, -0.25) is 9.69 Å². The van der Waals surface area contributed by atoms with Crippen LogP contribution in [0.5, 0.6) is 0 Å². The van der Waals surface area contributed by atoms with Crippen LogP contribution >= 0.6 is 11.3 Å². The van der Waals surface area contributed by atoms with E-state index in [4.69, 9.17) is 0 Å². The number of nitrogens with zero attached hydrogens (tertiary/aromatic N) is 3. The van der Waals surface area contributed by atoms with Crippen molar-refractivity contribution in [3.8, 4) is 5.69 Å². The lowest BCUT2D eigenvalue weighted by molar-refractivity contribution is 0.0898. The lowest BCUT2D eigenvalue weighted by atomic mass is 9.90. The van der Waals surface area contributed by atoms with Crippen LogP contribution in [-0.2, 0) is 0 Å². The molecule has 7 heteroatoms. The van der Waals surface area contributed by atoms with E-state index in [2.05, 4.69) is 20.6 Å². The van der Waals surface area contributed by atoms with Gasteiger partial charge < -0.3 is 10.6 Å². The van der Waals surface area contributed by atoms with Gasteiger partial charge in [-0.1, -0.05) is 18.2 Å². The van der Waals surface area contributed by atoms with Crippen molar-refractivity contribution in [3.05, 3.63) is 47.0 Å². The summed E-state index contributed by atoms with van der Waals surface area (Å²) in [7, 11) is 0. The molecule has 2 N–H and O–H groups in total. The first-order chi connectivity index (χ1) is 14.7. The Kier molecular flexibility index (Phi) is 5.58. The number of thiophene rings is 1. The number of benzene rings is 1. The van der Waals surface area contributed by atoms with Crippen molar-refractivity contribution in [1.82, 2.24) is 25.3 Å². The van der Waals surface area contributed by atoms with Gasteiger partial charge in [0.15, 0.2) is 0 Å². The molecule has 2 fully saturated rings. The Hall–Kier alpha value is -2.22. The van der Waals surface area contributed by atoms with E-state index in [9.17, 15) is 4.79 Å². The van der Waals surface area contributed by atoms with Gasteiger partial charge in [0.25, 0.3) is 5.91 Å². The van der Waals surface area contributed by atoms with Crippen LogP contribution in [0, 0.1) is 6.92 Å². The summed E-state index contributed by atoms with van der Waals surface area (Å²) in [6.45, 7) is 6.51. The Balaban J connectivity index is 1.26. The number of carbonyl (C=O) groups is 1. The number of nitrogens with one attached hydrogen (secondary N) is 2. The molecule has 3 aromatic rings. The fourth-order valence-electron chi connectivity index (χ4n) is 4.79. The van der Waals surface area contributed by atoms with E-state index < -0.39 is 0 Å². The van der Waals surface area contributed by atoms with Crippen molar-refractivity contribution in [2.24, 2.45) is 0 Å². The minimum atomic E-state index is 0.0563. The van der Waals surface area contributed by atoms with Gasteiger partial charge in [0.2, 0.25) is 0 Å². The van der Waals surface area contributed by atoms with Crippen molar-refractivity contribution in [1.29, 1.82) is 0 Å². The molecule has 0 radical (unpaired) electrons. The van der Waals surface area contributed by atoms with Crippen LogP contribution in [0.15, 0.2) is 36.4 Å². The highest BCUT2D eigenvalue weighted by atomic mass is 32.1. The third-order valence-corrected chi connectivity index (χ3v) is 7.58. The number of amides is 1. The van der Waals surface area contributed by atoms with E-state index in [-0.39, 0.29) is 11.9 Å². The molecule has 0 atom stereocenters. The second-order valence-corrected chi connectivity index (χ2v) is 9.46. The maximum Gasteiger partial charge on any atom is 0.261 e. The molecule has 1 saturated carbocycles. The van der Waals surface area contributed by atoms with E-state index in [0.717, 1.165) is 65.5 Å². The molecule has 1 aliphatic heterocycles. The molecule has 1 aliphatic carbocycles. The molecule has 2 aliphatic rings. The lowest BCUT2D eigenvalue weighted by Crippen LogP contribution is -2.50. The summed E-state index contributed by atoms with van der Waals surface area (Å²) in [6.07, 6.45) is 4.50. The number of hydrogen-bond acceptors (Lipinski definition) is 5. The number of para-hydroxylation sites is 1. The summed E-state index contributed by atoms with van der Waals surface area (Å²) in [5, 5.41) is 12.5. The maximum atomic E-state index is 13.0. The molecular formula is C23H29N5OS. The van der Waals surface area contributed by atoms with Crippen LogP contribution in [-0.4, -0.2) is 58.9 Å². The molecule has 1 saturated heterocycles. The van der Waals surface area contributed by atoms with Gasteiger partial charge in [-0.2, -0.15) is 5.10 Å². The third kappa shape index (κ3) is 3.89. The highest BCUT2D eigenvalue weighted by molar-refractivity contribution is 7.20. The predicted molar refractivity (Wildman–Crippen MR) is 122 cm³/mol. The van der Waals surface area contributed by atoms with Crippen LogP contribution in [0.2, 0.25) is 0 Å². The highest BCUT2D eigenvalue weighted by Gasteiger charge is 2.28. The van der Waals surface area contributed by atoms with Gasteiger partial charge in [-0.15, -0.1) is 11.3 Å². The maximum absolute atomic E-state index is 13.0. The number of piperazine rings is 1. The summed E-state index contributed by atoms with van der Waals surface area (Å²) < 4.78 is 1.95. The summed E-state index contributed by atoms with van der Waals surface area (Å²) in [6, 6.07) is 13.1. The number of aromatic nitrogens is 2. The molecule has 3 heterocycles. The molecule has 6 nitrogen and oxygen atoms in total. The first kappa shape index (κ1) is 19.7. The SMILES string of the molecule is Cc1nn(-c2ccccc2)c2sc(C(=O)NC3CCC(N4CCNCC4)CC3)cc12. The van der Waals surface area contributed by atoms with Crippen LogP contribution < -0.4 is 10.6 Å². The number of hydrogen-bond donors (Lipinski definition) is 2. The van der Waals surface area contributed by atoms with Crippen LogP contribution in [0.25, 0.3) is 15.9 Å². The van der Waals surface area contributed by atoms with E-state index in [0.29, 0.717) is 6.04 Å². The third-order valence-electron chi connectivity index (χ3n) is 6.47. The molecule has 0 bridgehead atoms. The zero-order valence-electron chi connectivity index (χ0n) is 17.4. The number of aryl methyl sites for hydroxylation is 1. The zero-order valence-corrected chi connectivity index (χ0v) is 18.3. The van der Waals surface area contributed by atoms with E-state index >= 15 is 0 Å². The first-order valence-electron chi connectivity index (χ1n) is 11.0. The molecular weight excluding hydrogens is 394 g/mol. The van der Waals surface area contributed by atoms with Crippen LogP contribution in [0.1, 0.15) is 41.0 Å². The van der Waals surface area contributed by atoms with Gasteiger partial charge in [0.1, 0.15) is 4.83 Å². The monoisotopic (exact) mass is 423 g/mol. The van der Waals surface area contributed by atoms with Crippen molar-refractivity contribution in [2.75, 3.05) is 26.2 Å². The van der Waals surface area contributed by atoms with E-state index in [1.807, 2.05) is 48.0 Å². The summed E-state index contributed by atoms with van der Waals surface area (Å²) in [4.78, 5) is 17.4. The second-order valence-electron chi connectivity index (χ2n) is 8.43. The minimum Gasteiger partial charge on any atom is -0.349 e. The Morgan fingerprint density at radius 1 is 1.13 bits per heavy atom. The van der Waals surface area contributed by atoms with Crippen molar-refractivity contribution < 1.29 is 4.79 Å².